The van der Waals surface area contributed by atoms with Gasteiger partial charge in [-0.1, -0.05) is 11.6 Å². The number of aldehydes is 1. The van der Waals surface area contributed by atoms with E-state index in [1.165, 1.54) is 12.1 Å². The minimum Gasteiger partial charge on any atom is -0.337 e. The molecule has 0 aliphatic heterocycles. The Bertz CT molecular complexity index is 684. The van der Waals surface area contributed by atoms with Gasteiger partial charge in [-0.25, -0.2) is 14.4 Å². The molecule has 0 saturated carbocycles. The molecular formula is C12H6ClFN4O. The van der Waals surface area contributed by atoms with Crippen LogP contribution in [0.25, 0.3) is 0 Å². The van der Waals surface area contributed by atoms with Gasteiger partial charge >= 0.3 is 0 Å². The number of hydrogen-bond acceptors (Lipinski definition) is 5. The lowest BCUT2D eigenvalue weighted by Gasteiger charge is -2.09. The van der Waals surface area contributed by atoms with E-state index in [9.17, 15) is 9.18 Å². The molecule has 19 heavy (non-hydrogen) atoms. The lowest BCUT2D eigenvalue weighted by molar-refractivity contribution is 0.112. The molecule has 7 heteroatoms. The first-order valence-electron chi connectivity index (χ1n) is 5.08. The number of hydrogen-bond donors (Lipinski definition) is 1. The number of nitrogens with zero attached hydrogens (tertiary/aromatic N) is 3. The molecule has 1 aromatic carbocycles. The van der Waals surface area contributed by atoms with Crippen LogP contribution in [0.5, 0.6) is 0 Å². The number of benzene rings is 1. The number of carbonyl (C=O) groups excluding carboxylic acids is 1. The average Bonchev–Trinajstić information content (AvgIpc) is 2.41. The summed E-state index contributed by atoms with van der Waals surface area (Å²) in [5.41, 5.74) is 0.309. The molecule has 1 heterocycles. The van der Waals surface area contributed by atoms with Gasteiger partial charge in [0.15, 0.2) is 6.29 Å². The molecule has 0 bridgehead atoms. The summed E-state index contributed by atoms with van der Waals surface area (Å²) in [7, 11) is 0. The van der Waals surface area contributed by atoms with Crippen LogP contribution in [-0.4, -0.2) is 16.3 Å². The Kier molecular flexibility index (Phi) is 3.68. The monoisotopic (exact) mass is 276 g/mol. The molecule has 1 N–H and O–H groups in total. The number of nitriles is 1. The Morgan fingerprint density at radius 1 is 1.42 bits per heavy atom. The summed E-state index contributed by atoms with van der Waals surface area (Å²) < 4.78 is 13.7. The number of halogens is 2. The van der Waals surface area contributed by atoms with Crippen LogP contribution in [0, 0.1) is 17.1 Å². The zero-order valence-electron chi connectivity index (χ0n) is 9.39. The van der Waals surface area contributed by atoms with Crippen molar-refractivity contribution < 1.29 is 9.18 Å². The molecule has 1 aromatic heterocycles. The van der Waals surface area contributed by atoms with Gasteiger partial charge in [-0.3, -0.25) is 4.79 Å². The van der Waals surface area contributed by atoms with Gasteiger partial charge in [-0.15, -0.1) is 0 Å². The minimum atomic E-state index is -0.634. The maximum atomic E-state index is 13.7. The van der Waals surface area contributed by atoms with Crippen molar-refractivity contribution >= 4 is 29.4 Å². The van der Waals surface area contributed by atoms with E-state index in [0.717, 1.165) is 12.4 Å². The van der Waals surface area contributed by atoms with Gasteiger partial charge < -0.3 is 5.32 Å². The predicted molar refractivity (Wildman–Crippen MR) is 66.8 cm³/mol. The first kappa shape index (κ1) is 12.9. The summed E-state index contributed by atoms with van der Waals surface area (Å²) in [6.07, 6.45) is 1.63. The molecule has 5 nitrogen and oxygen atoms in total. The van der Waals surface area contributed by atoms with E-state index in [4.69, 9.17) is 16.9 Å². The van der Waals surface area contributed by atoms with Crippen molar-refractivity contribution in [1.29, 1.82) is 5.26 Å². The summed E-state index contributed by atoms with van der Waals surface area (Å²) in [5.74, 6) is -0.538. The van der Waals surface area contributed by atoms with Crippen LogP contribution in [0.15, 0.2) is 24.5 Å². The highest BCUT2D eigenvalue weighted by Gasteiger charge is 2.11. The number of anilines is 2. The Morgan fingerprint density at radius 3 is 2.84 bits per heavy atom. The number of aromatic nitrogens is 2. The van der Waals surface area contributed by atoms with Crippen LogP contribution >= 0.6 is 11.6 Å². The molecule has 0 radical (unpaired) electrons. The molecule has 0 amide bonds. The van der Waals surface area contributed by atoms with Crippen molar-refractivity contribution in [2.75, 3.05) is 5.32 Å². The van der Waals surface area contributed by atoms with Gasteiger partial charge in [0.25, 0.3) is 0 Å². The van der Waals surface area contributed by atoms with E-state index in [1.54, 1.807) is 0 Å². The van der Waals surface area contributed by atoms with E-state index in [2.05, 4.69) is 15.3 Å². The van der Waals surface area contributed by atoms with Crippen molar-refractivity contribution in [3.63, 3.8) is 0 Å². The molecule has 0 unspecified atom stereocenters. The average molecular weight is 277 g/mol. The molecule has 0 aliphatic rings. The summed E-state index contributed by atoms with van der Waals surface area (Å²) in [6.45, 7) is 0. The highest BCUT2D eigenvalue weighted by atomic mass is 35.5. The third kappa shape index (κ3) is 2.67. The molecule has 2 rings (SSSR count). The zero-order valence-corrected chi connectivity index (χ0v) is 10.1. The maximum Gasteiger partial charge on any atom is 0.156 e. The Labute approximate surface area is 112 Å². The van der Waals surface area contributed by atoms with Crippen LogP contribution in [0.1, 0.15) is 15.9 Å². The first-order chi connectivity index (χ1) is 9.15. The van der Waals surface area contributed by atoms with E-state index in [-0.39, 0.29) is 27.8 Å². The standard InChI is InChI=1S/C12H6ClFN4O/c13-11-8(5-19)12(17-6-16-11)18-10-2-1-7(4-15)3-9(10)14/h1-3,5-6H,(H,16,17,18). The minimum absolute atomic E-state index is 0.0263. The molecule has 94 valence electrons. The highest BCUT2D eigenvalue weighted by Crippen LogP contribution is 2.23. The third-order valence-electron chi connectivity index (χ3n) is 2.30. The van der Waals surface area contributed by atoms with E-state index in [1.807, 2.05) is 6.07 Å². The Balaban J connectivity index is 2.40. The van der Waals surface area contributed by atoms with Gasteiger partial charge in [0.1, 0.15) is 23.1 Å². The predicted octanol–water partition coefficient (Wildman–Crippen LogP) is 2.70. The molecule has 0 aliphatic carbocycles. The lowest BCUT2D eigenvalue weighted by atomic mass is 10.2. The normalized spacial score (nSPS) is 9.74. The fourth-order valence-corrected chi connectivity index (χ4v) is 1.57. The fraction of sp³-hybridized carbons (Fsp3) is 0. The Hall–Kier alpha value is -2.52. The molecule has 0 atom stereocenters. The highest BCUT2D eigenvalue weighted by molar-refractivity contribution is 6.32. The summed E-state index contributed by atoms with van der Waals surface area (Å²) in [5, 5.41) is 11.2. The molecule has 0 saturated heterocycles. The second kappa shape index (κ2) is 5.42. The SMILES string of the molecule is N#Cc1ccc(Nc2ncnc(Cl)c2C=O)c(F)c1. The summed E-state index contributed by atoms with van der Waals surface area (Å²) in [4.78, 5) is 18.4. The first-order valence-corrected chi connectivity index (χ1v) is 5.46. The van der Waals surface area contributed by atoms with E-state index < -0.39 is 5.82 Å². The summed E-state index contributed by atoms with van der Waals surface area (Å²) in [6, 6.07) is 5.71. The van der Waals surface area contributed by atoms with Crippen LogP contribution in [0.4, 0.5) is 15.9 Å². The van der Waals surface area contributed by atoms with Gasteiger partial charge in [0.05, 0.1) is 22.9 Å². The molecule has 0 spiro atoms. The maximum absolute atomic E-state index is 13.7. The quantitative estimate of drug-likeness (QED) is 0.689. The van der Waals surface area contributed by atoms with Gasteiger partial charge in [0, 0.05) is 0 Å². The lowest BCUT2D eigenvalue weighted by Crippen LogP contribution is -2.02. The second-order valence-electron chi connectivity index (χ2n) is 3.48. The van der Waals surface area contributed by atoms with Crippen LogP contribution < -0.4 is 5.32 Å². The van der Waals surface area contributed by atoms with Gasteiger partial charge in [0.2, 0.25) is 0 Å². The van der Waals surface area contributed by atoms with E-state index >= 15 is 0 Å². The fourth-order valence-electron chi connectivity index (χ4n) is 1.39. The zero-order chi connectivity index (χ0) is 13.8. The van der Waals surface area contributed by atoms with Crippen LogP contribution in [-0.2, 0) is 0 Å². The number of nitrogens with one attached hydrogen (secondary N) is 1. The third-order valence-corrected chi connectivity index (χ3v) is 2.61. The van der Waals surface area contributed by atoms with Crippen molar-refractivity contribution in [2.24, 2.45) is 0 Å². The van der Waals surface area contributed by atoms with Gasteiger partial charge in [-0.05, 0) is 18.2 Å². The number of rotatable bonds is 3. The largest absolute Gasteiger partial charge is 0.337 e. The van der Waals surface area contributed by atoms with E-state index in [0.29, 0.717) is 6.29 Å². The molecular weight excluding hydrogens is 271 g/mol. The second-order valence-corrected chi connectivity index (χ2v) is 3.83. The smallest absolute Gasteiger partial charge is 0.156 e. The molecule has 2 aromatic rings. The number of carbonyl (C=O) groups is 1. The Morgan fingerprint density at radius 2 is 2.21 bits per heavy atom. The van der Waals surface area contributed by atoms with Crippen molar-refractivity contribution in [3.05, 3.63) is 46.6 Å². The van der Waals surface area contributed by atoms with Crippen LogP contribution in [0.2, 0.25) is 5.15 Å². The van der Waals surface area contributed by atoms with Crippen molar-refractivity contribution in [1.82, 2.24) is 9.97 Å². The van der Waals surface area contributed by atoms with Crippen molar-refractivity contribution in [3.8, 4) is 6.07 Å². The topological polar surface area (TPSA) is 78.7 Å². The van der Waals surface area contributed by atoms with Crippen LogP contribution in [0.3, 0.4) is 0 Å². The van der Waals surface area contributed by atoms with Gasteiger partial charge in [-0.2, -0.15) is 5.26 Å². The molecule has 0 fully saturated rings. The van der Waals surface area contributed by atoms with Crippen molar-refractivity contribution in [2.45, 2.75) is 0 Å². The summed E-state index contributed by atoms with van der Waals surface area (Å²) >= 11 is 5.72.